The van der Waals surface area contributed by atoms with Crippen molar-refractivity contribution in [2.75, 3.05) is 19.6 Å². The van der Waals surface area contributed by atoms with Gasteiger partial charge in [-0.3, -0.25) is 0 Å². The van der Waals surface area contributed by atoms with Crippen LogP contribution in [0, 0.1) is 0 Å². The van der Waals surface area contributed by atoms with Crippen LogP contribution in [-0.2, 0) is 0 Å². The largest absolute Gasteiger partial charge is 0.455 e. The molecule has 0 aliphatic heterocycles. The van der Waals surface area contributed by atoms with Crippen molar-refractivity contribution in [1.29, 1.82) is 0 Å². The molecular formula is C108H72N4O2. The van der Waals surface area contributed by atoms with Gasteiger partial charge >= 0.3 is 0 Å². The van der Waals surface area contributed by atoms with Crippen LogP contribution in [0.15, 0.2) is 446 Å². The number of benzene rings is 20. The molecule has 114 heavy (non-hydrogen) atoms. The van der Waals surface area contributed by atoms with E-state index in [0.717, 1.165) is 134 Å². The second-order valence-electron chi connectivity index (χ2n) is 29.1. The fourth-order valence-electron chi connectivity index (χ4n) is 17.0. The topological polar surface area (TPSA) is 39.2 Å². The fourth-order valence-corrected chi connectivity index (χ4v) is 17.0. The maximum Gasteiger partial charge on any atom is 0.143 e. The Morgan fingerprint density at radius 3 is 0.746 bits per heavy atom. The second-order valence-corrected chi connectivity index (χ2v) is 29.1. The molecule has 0 N–H and O–H groups in total. The van der Waals surface area contributed by atoms with Crippen molar-refractivity contribution in [3.63, 3.8) is 0 Å². The molecule has 22 aromatic rings. The second kappa shape index (κ2) is 28.6. The van der Waals surface area contributed by atoms with Gasteiger partial charge in [0.15, 0.2) is 0 Å². The smallest absolute Gasteiger partial charge is 0.143 e. The number of nitrogens with zero attached hydrogens (tertiary/aromatic N) is 4. The molecule has 22 rings (SSSR count). The Balaban J connectivity index is 0.000000144. The van der Waals surface area contributed by atoms with Gasteiger partial charge in [-0.15, -0.1) is 0 Å². The normalized spacial score (nSPS) is 11.5. The molecule has 536 valence electrons. The lowest BCUT2D eigenvalue weighted by Crippen LogP contribution is -2.09. The number of anilines is 12. The van der Waals surface area contributed by atoms with E-state index in [1.807, 2.05) is 0 Å². The fraction of sp³-hybridized carbons (Fsp3) is 0. The first-order valence-electron chi connectivity index (χ1n) is 38.8. The summed E-state index contributed by atoms with van der Waals surface area (Å²) in [5.74, 6) is 0. The van der Waals surface area contributed by atoms with Crippen molar-refractivity contribution in [1.82, 2.24) is 0 Å². The lowest BCUT2D eigenvalue weighted by molar-refractivity contribution is 0.672. The lowest BCUT2D eigenvalue weighted by atomic mass is 9.96. The van der Waals surface area contributed by atoms with E-state index in [0.29, 0.717) is 0 Å². The quantitative estimate of drug-likeness (QED) is 0.101. The van der Waals surface area contributed by atoms with E-state index in [-0.39, 0.29) is 0 Å². The molecule has 0 saturated heterocycles. The molecule has 0 saturated carbocycles. The van der Waals surface area contributed by atoms with Gasteiger partial charge in [0.25, 0.3) is 0 Å². The van der Waals surface area contributed by atoms with E-state index < -0.39 is 0 Å². The van der Waals surface area contributed by atoms with Crippen molar-refractivity contribution < 1.29 is 8.83 Å². The number of rotatable bonds is 14. The van der Waals surface area contributed by atoms with Crippen molar-refractivity contribution in [2.24, 2.45) is 0 Å². The Morgan fingerprint density at radius 2 is 0.386 bits per heavy atom. The van der Waals surface area contributed by atoms with E-state index >= 15 is 0 Å². The van der Waals surface area contributed by atoms with Crippen LogP contribution in [0.5, 0.6) is 0 Å². The number of hydrogen-bond donors (Lipinski definition) is 0. The molecule has 2 aromatic heterocycles. The molecule has 6 nitrogen and oxygen atoms in total. The zero-order valence-corrected chi connectivity index (χ0v) is 62.2. The third kappa shape index (κ3) is 12.1. The molecule has 0 radical (unpaired) electrons. The lowest BCUT2D eigenvalue weighted by Gasteiger charge is -2.26. The van der Waals surface area contributed by atoms with Crippen molar-refractivity contribution in [3.8, 4) is 22.3 Å². The highest BCUT2D eigenvalue weighted by Crippen LogP contribution is 2.50. The van der Waals surface area contributed by atoms with Crippen LogP contribution < -0.4 is 19.6 Å². The maximum absolute atomic E-state index is 7.00. The minimum Gasteiger partial charge on any atom is -0.455 e. The number of para-hydroxylation sites is 4. The first kappa shape index (κ1) is 66.9. The van der Waals surface area contributed by atoms with Gasteiger partial charge in [0.05, 0.1) is 0 Å². The average molecular weight is 1460 g/mol. The summed E-state index contributed by atoms with van der Waals surface area (Å²) < 4.78 is 14.0. The van der Waals surface area contributed by atoms with Crippen LogP contribution in [0.3, 0.4) is 0 Å². The summed E-state index contributed by atoms with van der Waals surface area (Å²) >= 11 is 0. The standard InChI is InChI=1S/C56H38N2O.C52H34N2O/c1-5-15-39(16-6-1)41-25-29-45(30-26-41)57(43-19-9-3-10-20-43)47-33-35-51-53(37-47)49-23-13-14-24-50(49)55-52-36-34-48(38-54(52)59-56(51)55)58(44-21-11-4-12-22-44)46-31-27-42(28-32-46)40-17-7-2-8-18-40;1-3-17-39(18-4-1)53(41-25-23-35-13-7-9-15-37(35)31-41)43-27-29-47-49(33-43)45-21-11-12-22-46(45)51-48-30-28-44(34-50(48)55-52(47)51)54(40-19-5-2-6-20-40)42-26-24-36-14-8-10-16-38(36)32-42/h1-38H;1-34H. The highest BCUT2D eigenvalue weighted by molar-refractivity contribution is 6.32. The van der Waals surface area contributed by atoms with Crippen molar-refractivity contribution in [3.05, 3.63) is 437 Å². The molecule has 0 aliphatic carbocycles. The molecular weight excluding hydrogens is 1390 g/mol. The molecule has 0 aliphatic rings. The zero-order valence-electron chi connectivity index (χ0n) is 62.2. The van der Waals surface area contributed by atoms with Gasteiger partial charge in [0, 0.05) is 113 Å². The van der Waals surface area contributed by atoms with Crippen LogP contribution in [0.25, 0.3) is 131 Å². The Labute approximate surface area is 660 Å². The summed E-state index contributed by atoms with van der Waals surface area (Å²) in [6.45, 7) is 0. The number of hydrogen-bond acceptors (Lipinski definition) is 6. The Bertz CT molecular complexity index is 7340. The van der Waals surface area contributed by atoms with Crippen LogP contribution in [0.4, 0.5) is 68.2 Å². The molecule has 0 amide bonds. The monoisotopic (exact) mass is 1460 g/mol. The zero-order chi connectivity index (χ0) is 75.4. The van der Waals surface area contributed by atoms with E-state index in [1.165, 1.54) is 65.3 Å². The molecule has 0 atom stereocenters. The average Bonchev–Trinajstić information content (AvgIpc) is 1.53. The highest BCUT2D eigenvalue weighted by Gasteiger charge is 2.25. The van der Waals surface area contributed by atoms with E-state index in [1.54, 1.807) is 0 Å². The number of fused-ring (bicyclic) bond motifs is 18. The molecule has 0 unspecified atom stereocenters. The van der Waals surface area contributed by atoms with Crippen LogP contribution in [0.2, 0.25) is 0 Å². The van der Waals surface area contributed by atoms with Crippen LogP contribution in [-0.4, -0.2) is 0 Å². The van der Waals surface area contributed by atoms with Gasteiger partial charge in [0.2, 0.25) is 0 Å². The summed E-state index contributed by atoms with van der Waals surface area (Å²) in [6, 6.07) is 156. The third-order valence-corrected chi connectivity index (χ3v) is 22.4. The molecule has 0 fully saturated rings. The maximum atomic E-state index is 7.00. The highest BCUT2D eigenvalue weighted by atomic mass is 16.3. The predicted molar refractivity (Wildman–Crippen MR) is 482 cm³/mol. The number of furan rings is 2. The van der Waals surface area contributed by atoms with Gasteiger partial charge in [-0.1, -0.05) is 267 Å². The third-order valence-electron chi connectivity index (χ3n) is 22.4. The van der Waals surface area contributed by atoms with Gasteiger partial charge in [-0.05, 0) is 234 Å². The summed E-state index contributed by atoms with van der Waals surface area (Å²) in [7, 11) is 0. The summed E-state index contributed by atoms with van der Waals surface area (Å²) in [5.41, 5.74) is 21.3. The van der Waals surface area contributed by atoms with Crippen LogP contribution in [0.1, 0.15) is 0 Å². The predicted octanol–water partition coefficient (Wildman–Crippen LogP) is 31.3. The summed E-state index contributed by atoms with van der Waals surface area (Å²) in [5, 5.41) is 18.6. The summed E-state index contributed by atoms with van der Waals surface area (Å²) in [4.78, 5) is 9.30. The molecule has 0 spiro atoms. The Morgan fingerprint density at radius 1 is 0.140 bits per heavy atom. The first-order valence-corrected chi connectivity index (χ1v) is 38.8. The Hall–Kier alpha value is -15.2. The van der Waals surface area contributed by atoms with Crippen LogP contribution >= 0.6 is 0 Å². The van der Waals surface area contributed by atoms with Crippen molar-refractivity contribution >= 4 is 177 Å². The molecule has 20 aromatic carbocycles. The van der Waals surface area contributed by atoms with Crippen molar-refractivity contribution in [2.45, 2.75) is 0 Å². The van der Waals surface area contributed by atoms with E-state index in [2.05, 4.69) is 456 Å². The minimum atomic E-state index is 0.852. The molecule has 6 heteroatoms. The van der Waals surface area contributed by atoms with Gasteiger partial charge in [-0.2, -0.15) is 0 Å². The van der Waals surface area contributed by atoms with Gasteiger partial charge in [-0.25, -0.2) is 0 Å². The van der Waals surface area contributed by atoms with Gasteiger partial charge in [0.1, 0.15) is 22.3 Å². The van der Waals surface area contributed by atoms with Gasteiger partial charge < -0.3 is 28.4 Å². The van der Waals surface area contributed by atoms with E-state index in [4.69, 9.17) is 8.83 Å². The first-order chi connectivity index (χ1) is 56.5. The molecule has 2 heterocycles. The minimum absolute atomic E-state index is 0.852. The molecule has 0 bridgehead atoms. The Kier molecular flexibility index (Phi) is 16.8. The van der Waals surface area contributed by atoms with E-state index in [9.17, 15) is 0 Å². The summed E-state index contributed by atoms with van der Waals surface area (Å²) in [6.07, 6.45) is 0. The SMILES string of the molecule is c1ccc(-c2ccc(N(c3ccccc3)c3ccc4c(c3)oc3c5ccc(N(c6ccccc6)c6ccc(-c7ccccc7)cc6)cc5c5ccccc5c43)cc2)cc1.c1ccc(N(c2ccc3ccccc3c2)c2ccc3c(c2)oc2c4ccc(N(c5ccccc5)c5ccc6ccccc6c5)cc4c4ccccc4c32)cc1.